The number of nitrogens with zero attached hydrogens (tertiary/aromatic N) is 1. The maximum absolute atomic E-state index is 12.2. The minimum Gasteiger partial charge on any atom is -0.398 e. The molecule has 92 valence electrons. The molecule has 0 aromatic heterocycles. The fraction of sp³-hybridized carbons (Fsp3) is 0.417. The first-order valence-corrected chi connectivity index (χ1v) is 6.39. The molecule has 0 unspecified atom stereocenters. The number of hydrogen-bond acceptors (Lipinski definition) is 3. The molecule has 17 heavy (non-hydrogen) atoms. The maximum Gasteiger partial charge on any atom is 0.256 e. The van der Waals surface area contributed by atoms with E-state index in [1.165, 1.54) is 0 Å². The number of amides is 1. The normalized spacial score (nSPS) is 20.4. The van der Waals surface area contributed by atoms with Gasteiger partial charge in [0.25, 0.3) is 5.91 Å². The van der Waals surface area contributed by atoms with E-state index in [9.17, 15) is 9.90 Å². The Bertz CT molecular complexity index is 437. The van der Waals surface area contributed by atoms with Crippen LogP contribution in [0.5, 0.6) is 0 Å². The number of benzene rings is 1. The molecule has 1 saturated heterocycles. The Kier molecular flexibility index (Phi) is 3.69. The van der Waals surface area contributed by atoms with Crippen molar-refractivity contribution < 1.29 is 9.90 Å². The van der Waals surface area contributed by atoms with Crippen LogP contribution in [0.2, 0.25) is 0 Å². The number of halogens is 1. The van der Waals surface area contributed by atoms with Crippen molar-refractivity contribution in [1.29, 1.82) is 0 Å². The molecule has 4 nitrogen and oxygen atoms in total. The van der Waals surface area contributed by atoms with E-state index in [2.05, 4.69) is 15.9 Å². The molecule has 0 radical (unpaired) electrons. The Morgan fingerprint density at radius 3 is 3.00 bits per heavy atom. The topological polar surface area (TPSA) is 66.6 Å². The molecule has 1 aromatic carbocycles. The van der Waals surface area contributed by atoms with E-state index in [0.29, 0.717) is 24.3 Å². The van der Waals surface area contributed by atoms with Crippen molar-refractivity contribution in [2.24, 2.45) is 0 Å². The van der Waals surface area contributed by atoms with Gasteiger partial charge in [0.1, 0.15) is 0 Å². The van der Waals surface area contributed by atoms with E-state index in [4.69, 9.17) is 5.73 Å². The molecule has 0 aliphatic carbocycles. The number of nitrogens with two attached hydrogens (primary N) is 1. The quantitative estimate of drug-likeness (QED) is 0.775. The number of rotatable bonds is 1. The first kappa shape index (κ1) is 12.4. The summed E-state index contributed by atoms with van der Waals surface area (Å²) in [5.74, 6) is -0.109. The Balaban J connectivity index is 2.21. The Morgan fingerprint density at radius 1 is 1.53 bits per heavy atom. The fourth-order valence-electron chi connectivity index (χ4n) is 2.02. The monoisotopic (exact) mass is 298 g/mol. The van der Waals surface area contributed by atoms with Crippen LogP contribution >= 0.6 is 15.9 Å². The lowest BCUT2D eigenvalue weighted by molar-refractivity contribution is 0.0474. The summed E-state index contributed by atoms with van der Waals surface area (Å²) in [7, 11) is 0. The van der Waals surface area contributed by atoms with Gasteiger partial charge in [-0.15, -0.1) is 0 Å². The van der Waals surface area contributed by atoms with Gasteiger partial charge in [0.2, 0.25) is 0 Å². The summed E-state index contributed by atoms with van der Waals surface area (Å²) in [6.07, 6.45) is 1.18. The third-order valence-corrected chi connectivity index (χ3v) is 3.42. The molecule has 5 heteroatoms. The minimum absolute atomic E-state index is 0.109. The Hall–Kier alpha value is -1.07. The van der Waals surface area contributed by atoms with E-state index in [0.717, 1.165) is 17.3 Å². The lowest BCUT2D eigenvalue weighted by Crippen LogP contribution is -2.42. The SMILES string of the molecule is Nc1ccc(Br)cc1C(=O)N1CCC[C@H](O)C1. The van der Waals surface area contributed by atoms with Gasteiger partial charge >= 0.3 is 0 Å². The second-order valence-electron chi connectivity index (χ2n) is 4.28. The van der Waals surface area contributed by atoms with Crippen LogP contribution in [0.4, 0.5) is 5.69 Å². The van der Waals surface area contributed by atoms with Crippen molar-refractivity contribution >= 4 is 27.5 Å². The zero-order valence-electron chi connectivity index (χ0n) is 9.40. The van der Waals surface area contributed by atoms with Gasteiger partial charge in [0, 0.05) is 23.2 Å². The molecule has 1 aromatic rings. The van der Waals surface area contributed by atoms with Gasteiger partial charge in [-0.05, 0) is 31.0 Å². The molecule has 0 spiro atoms. The van der Waals surface area contributed by atoms with E-state index in [1.807, 2.05) is 0 Å². The van der Waals surface area contributed by atoms with Gasteiger partial charge in [-0.25, -0.2) is 0 Å². The summed E-state index contributed by atoms with van der Waals surface area (Å²) < 4.78 is 0.826. The van der Waals surface area contributed by atoms with Gasteiger partial charge in [0.05, 0.1) is 11.7 Å². The molecular weight excluding hydrogens is 284 g/mol. The standard InChI is InChI=1S/C12H15BrN2O2/c13-8-3-4-11(14)10(6-8)12(17)15-5-1-2-9(16)7-15/h3-4,6,9,16H,1-2,5,7,14H2/t9-/m0/s1. The predicted molar refractivity (Wildman–Crippen MR) is 69.7 cm³/mol. The van der Waals surface area contributed by atoms with Crippen LogP contribution in [0.1, 0.15) is 23.2 Å². The third kappa shape index (κ3) is 2.79. The van der Waals surface area contributed by atoms with Crippen molar-refractivity contribution in [1.82, 2.24) is 4.90 Å². The summed E-state index contributed by atoms with van der Waals surface area (Å²) in [5.41, 5.74) is 6.77. The van der Waals surface area contributed by atoms with Gasteiger partial charge in [0.15, 0.2) is 0 Å². The molecule has 0 bridgehead atoms. The van der Waals surface area contributed by atoms with Gasteiger partial charge < -0.3 is 15.7 Å². The van der Waals surface area contributed by atoms with Crippen molar-refractivity contribution in [3.63, 3.8) is 0 Å². The first-order chi connectivity index (χ1) is 8.08. The Labute approximate surface area is 109 Å². The number of aliphatic hydroxyl groups excluding tert-OH is 1. The molecule has 1 amide bonds. The number of β-amino-alcohol motifs (C(OH)–C–C–N with tert-alkyl or cyclic N) is 1. The molecular formula is C12H15BrN2O2. The number of carbonyl (C=O) groups is 1. The number of carbonyl (C=O) groups excluding carboxylic acids is 1. The molecule has 1 aliphatic rings. The number of piperidine rings is 1. The van der Waals surface area contributed by atoms with Crippen LogP contribution in [0, 0.1) is 0 Å². The number of hydrogen-bond donors (Lipinski definition) is 2. The molecule has 1 fully saturated rings. The van der Waals surface area contributed by atoms with E-state index in [1.54, 1.807) is 23.1 Å². The fourth-order valence-corrected chi connectivity index (χ4v) is 2.38. The van der Waals surface area contributed by atoms with Gasteiger partial charge in [-0.3, -0.25) is 4.79 Å². The predicted octanol–water partition coefficient (Wildman–Crippen LogP) is 1.63. The number of nitrogen functional groups attached to an aromatic ring is 1. The highest BCUT2D eigenvalue weighted by Crippen LogP contribution is 2.21. The van der Waals surface area contributed by atoms with Gasteiger partial charge in [-0.1, -0.05) is 15.9 Å². The van der Waals surface area contributed by atoms with E-state index in [-0.39, 0.29) is 5.91 Å². The van der Waals surface area contributed by atoms with Crippen LogP contribution in [-0.2, 0) is 0 Å². The average molecular weight is 299 g/mol. The first-order valence-electron chi connectivity index (χ1n) is 5.60. The zero-order chi connectivity index (χ0) is 12.4. The van der Waals surface area contributed by atoms with Gasteiger partial charge in [-0.2, -0.15) is 0 Å². The highest BCUT2D eigenvalue weighted by atomic mass is 79.9. The second kappa shape index (κ2) is 5.06. The molecule has 2 rings (SSSR count). The van der Waals surface area contributed by atoms with Crippen LogP contribution in [-0.4, -0.2) is 35.1 Å². The van der Waals surface area contributed by atoms with Crippen molar-refractivity contribution in [2.75, 3.05) is 18.8 Å². The van der Waals surface area contributed by atoms with Crippen molar-refractivity contribution in [2.45, 2.75) is 18.9 Å². The van der Waals surface area contributed by atoms with E-state index >= 15 is 0 Å². The van der Waals surface area contributed by atoms with Crippen LogP contribution in [0.3, 0.4) is 0 Å². The smallest absolute Gasteiger partial charge is 0.256 e. The summed E-state index contributed by atoms with van der Waals surface area (Å²) in [6, 6.07) is 5.23. The summed E-state index contributed by atoms with van der Waals surface area (Å²) in [6.45, 7) is 1.08. The molecule has 1 aliphatic heterocycles. The van der Waals surface area contributed by atoms with Crippen LogP contribution in [0.15, 0.2) is 22.7 Å². The average Bonchev–Trinajstić information content (AvgIpc) is 2.31. The molecule has 0 saturated carbocycles. The van der Waals surface area contributed by atoms with E-state index < -0.39 is 6.10 Å². The second-order valence-corrected chi connectivity index (χ2v) is 5.19. The highest BCUT2D eigenvalue weighted by Gasteiger charge is 2.24. The molecule has 1 atom stereocenters. The zero-order valence-corrected chi connectivity index (χ0v) is 11.0. The lowest BCUT2D eigenvalue weighted by Gasteiger charge is -2.30. The van der Waals surface area contributed by atoms with Crippen molar-refractivity contribution in [3.8, 4) is 0 Å². The van der Waals surface area contributed by atoms with Crippen LogP contribution < -0.4 is 5.73 Å². The highest BCUT2D eigenvalue weighted by molar-refractivity contribution is 9.10. The number of anilines is 1. The van der Waals surface area contributed by atoms with Crippen LogP contribution in [0.25, 0.3) is 0 Å². The summed E-state index contributed by atoms with van der Waals surface area (Å²) in [5, 5.41) is 9.56. The Morgan fingerprint density at radius 2 is 2.29 bits per heavy atom. The minimum atomic E-state index is -0.416. The molecule has 3 N–H and O–H groups in total. The summed E-state index contributed by atoms with van der Waals surface area (Å²) >= 11 is 3.32. The summed E-state index contributed by atoms with van der Waals surface area (Å²) in [4.78, 5) is 13.9. The maximum atomic E-state index is 12.2. The third-order valence-electron chi connectivity index (χ3n) is 2.93. The number of likely N-dealkylation sites (tertiary alicyclic amines) is 1. The molecule has 1 heterocycles. The largest absolute Gasteiger partial charge is 0.398 e. The number of aliphatic hydroxyl groups is 1. The van der Waals surface area contributed by atoms with Crippen molar-refractivity contribution in [3.05, 3.63) is 28.2 Å². The lowest BCUT2D eigenvalue weighted by atomic mass is 10.1.